The van der Waals surface area contributed by atoms with Crippen molar-refractivity contribution in [2.45, 2.75) is 44.6 Å². The smallest absolute Gasteiger partial charge is 0.267 e. The average molecular weight is 422 g/mol. The molecule has 8 nitrogen and oxygen atoms in total. The maximum atomic E-state index is 13.3. The number of nitriles is 1. The van der Waals surface area contributed by atoms with E-state index in [1.54, 1.807) is 18.3 Å². The van der Waals surface area contributed by atoms with Crippen LogP contribution >= 0.6 is 0 Å². The molecule has 4 rings (SSSR count). The number of anilines is 1. The Morgan fingerprint density at radius 2 is 2.06 bits per heavy atom. The van der Waals surface area contributed by atoms with E-state index in [2.05, 4.69) is 10.2 Å². The molecule has 2 aromatic rings. The van der Waals surface area contributed by atoms with E-state index in [1.807, 2.05) is 12.1 Å². The fourth-order valence-electron chi connectivity index (χ4n) is 4.14. The van der Waals surface area contributed by atoms with Crippen molar-refractivity contribution in [1.82, 2.24) is 14.7 Å². The second kappa shape index (κ2) is 9.75. The molecule has 31 heavy (non-hydrogen) atoms. The summed E-state index contributed by atoms with van der Waals surface area (Å²) in [5.74, 6) is 0.0372. The van der Waals surface area contributed by atoms with Crippen molar-refractivity contribution < 1.29 is 9.53 Å². The van der Waals surface area contributed by atoms with Gasteiger partial charge in [0.2, 0.25) is 0 Å². The lowest BCUT2D eigenvalue weighted by Crippen LogP contribution is -2.33. The van der Waals surface area contributed by atoms with E-state index in [1.165, 1.54) is 10.5 Å². The van der Waals surface area contributed by atoms with Crippen molar-refractivity contribution in [3.05, 3.63) is 45.9 Å². The van der Waals surface area contributed by atoms with E-state index in [0.29, 0.717) is 24.6 Å². The molecule has 162 valence electrons. The van der Waals surface area contributed by atoms with Gasteiger partial charge in [-0.1, -0.05) is 18.9 Å². The molecule has 2 aromatic heterocycles. The molecule has 4 heterocycles. The number of fused-ring (bicyclic) bond motifs is 1. The summed E-state index contributed by atoms with van der Waals surface area (Å²) < 4.78 is 6.98. The number of hydrogen-bond acceptors (Lipinski definition) is 6. The van der Waals surface area contributed by atoms with Gasteiger partial charge in [-0.25, -0.2) is 4.98 Å². The molecular weight excluding hydrogens is 394 g/mol. The first-order chi connectivity index (χ1) is 15.2. The minimum absolute atomic E-state index is 0.0236. The molecule has 1 atom stereocenters. The van der Waals surface area contributed by atoms with Crippen LogP contribution < -0.4 is 15.8 Å². The van der Waals surface area contributed by atoms with Gasteiger partial charge in [-0.2, -0.15) is 5.26 Å². The number of carbonyl (C=O) groups excluding carboxylic acids is 1. The zero-order valence-electron chi connectivity index (χ0n) is 17.5. The lowest BCUT2D eigenvalue weighted by molar-refractivity contribution is -0.117. The molecule has 0 spiro atoms. The molecule has 0 aromatic carbocycles. The van der Waals surface area contributed by atoms with Gasteiger partial charge < -0.3 is 15.0 Å². The summed E-state index contributed by atoms with van der Waals surface area (Å²) in [4.78, 5) is 32.8. The highest BCUT2D eigenvalue weighted by Crippen LogP contribution is 2.22. The Bertz CT molecular complexity index is 1070. The van der Waals surface area contributed by atoms with E-state index >= 15 is 0 Å². The third-order valence-electron chi connectivity index (χ3n) is 5.82. The molecular formula is C23H27N5O3. The van der Waals surface area contributed by atoms with Crippen LogP contribution in [0.2, 0.25) is 0 Å². The summed E-state index contributed by atoms with van der Waals surface area (Å²) in [5, 5.41) is 12.4. The summed E-state index contributed by atoms with van der Waals surface area (Å²) in [6, 6.07) is 7.34. The van der Waals surface area contributed by atoms with E-state index in [0.717, 1.165) is 51.6 Å². The number of hydrogen-bond donors (Lipinski definition) is 1. The Labute approximate surface area is 181 Å². The lowest BCUT2D eigenvalue weighted by atomic mass is 10.1. The van der Waals surface area contributed by atoms with Crippen molar-refractivity contribution in [3.8, 4) is 6.07 Å². The van der Waals surface area contributed by atoms with E-state index in [9.17, 15) is 14.9 Å². The third-order valence-corrected chi connectivity index (χ3v) is 5.82. The minimum atomic E-state index is -0.502. The summed E-state index contributed by atoms with van der Waals surface area (Å²) in [6.45, 7) is 2.64. The first-order valence-corrected chi connectivity index (χ1v) is 11.0. The molecule has 0 aliphatic carbocycles. The van der Waals surface area contributed by atoms with Crippen LogP contribution in [0, 0.1) is 11.3 Å². The van der Waals surface area contributed by atoms with Gasteiger partial charge in [-0.15, -0.1) is 0 Å². The van der Waals surface area contributed by atoms with E-state index in [4.69, 9.17) is 9.72 Å². The molecule has 0 radical (unpaired) electrons. The highest BCUT2D eigenvalue weighted by Gasteiger charge is 2.22. The van der Waals surface area contributed by atoms with E-state index < -0.39 is 5.91 Å². The number of aromatic nitrogens is 2. The number of amides is 1. The van der Waals surface area contributed by atoms with Crippen LogP contribution in [-0.4, -0.2) is 47.6 Å². The molecule has 0 bridgehead atoms. The van der Waals surface area contributed by atoms with Gasteiger partial charge in [-0.05, 0) is 43.9 Å². The quantitative estimate of drug-likeness (QED) is 0.587. The summed E-state index contributed by atoms with van der Waals surface area (Å²) >= 11 is 0. The summed E-state index contributed by atoms with van der Waals surface area (Å²) in [5.41, 5.74) is 0.424. The minimum Gasteiger partial charge on any atom is -0.376 e. The highest BCUT2D eigenvalue weighted by atomic mass is 16.5. The predicted molar refractivity (Wildman–Crippen MR) is 118 cm³/mol. The second-order valence-corrected chi connectivity index (χ2v) is 8.00. The molecule has 2 aliphatic heterocycles. The first-order valence-electron chi connectivity index (χ1n) is 11.0. The van der Waals surface area contributed by atoms with Crippen molar-refractivity contribution in [3.63, 3.8) is 0 Å². The van der Waals surface area contributed by atoms with Crippen molar-refractivity contribution in [1.29, 1.82) is 5.26 Å². The zero-order chi connectivity index (χ0) is 21.6. The molecule has 2 saturated heterocycles. The third kappa shape index (κ3) is 4.78. The van der Waals surface area contributed by atoms with Crippen molar-refractivity contribution in [2.75, 3.05) is 31.1 Å². The van der Waals surface area contributed by atoms with Gasteiger partial charge in [0.25, 0.3) is 11.5 Å². The van der Waals surface area contributed by atoms with Crippen LogP contribution in [0.25, 0.3) is 11.7 Å². The van der Waals surface area contributed by atoms with Crippen molar-refractivity contribution in [2.24, 2.45) is 0 Å². The number of ether oxygens (including phenoxy) is 1. The van der Waals surface area contributed by atoms with Gasteiger partial charge in [0, 0.05) is 32.4 Å². The number of carbonyl (C=O) groups is 1. The Balaban J connectivity index is 1.72. The van der Waals surface area contributed by atoms with Crippen molar-refractivity contribution >= 4 is 23.4 Å². The number of nitrogens with zero attached hydrogens (tertiary/aromatic N) is 4. The van der Waals surface area contributed by atoms with Crippen LogP contribution in [0.5, 0.6) is 0 Å². The fourth-order valence-corrected chi connectivity index (χ4v) is 4.14. The molecule has 0 unspecified atom stereocenters. The highest BCUT2D eigenvalue weighted by molar-refractivity contribution is 6.02. The van der Waals surface area contributed by atoms with Gasteiger partial charge >= 0.3 is 0 Å². The van der Waals surface area contributed by atoms with Gasteiger partial charge in [0.05, 0.1) is 11.7 Å². The fraction of sp³-hybridized carbons (Fsp3) is 0.478. The van der Waals surface area contributed by atoms with Crippen LogP contribution in [-0.2, 0) is 9.53 Å². The first kappa shape index (κ1) is 21.1. The standard InChI is InChI=1S/C23H27N5O3/c24-15-17(22(29)25-16-18-8-7-13-31-18)14-19-21(27-10-4-1-2-5-11-27)26-20-9-3-6-12-28(20)23(19)30/h3,6,9,12,14,18H,1-2,4-5,7-8,10-11,13,16H2,(H,25,29)/b17-14-/t18-/m0/s1. The molecule has 8 heteroatoms. The number of rotatable bonds is 5. The molecule has 0 saturated carbocycles. The number of pyridine rings is 1. The maximum Gasteiger partial charge on any atom is 0.267 e. The Morgan fingerprint density at radius 3 is 2.77 bits per heavy atom. The second-order valence-electron chi connectivity index (χ2n) is 8.00. The Morgan fingerprint density at radius 1 is 1.26 bits per heavy atom. The van der Waals surface area contributed by atoms with Crippen LogP contribution in [0.15, 0.2) is 34.8 Å². The molecule has 1 amide bonds. The zero-order valence-corrected chi connectivity index (χ0v) is 17.5. The SMILES string of the molecule is N#C/C(=C/c1c(N2CCCCCC2)nc2ccccn2c1=O)C(=O)NC[C@@H]1CCCO1. The summed E-state index contributed by atoms with van der Waals surface area (Å²) in [7, 11) is 0. The van der Waals surface area contributed by atoms with Crippen LogP contribution in [0.3, 0.4) is 0 Å². The van der Waals surface area contributed by atoms with E-state index in [-0.39, 0.29) is 22.8 Å². The predicted octanol–water partition coefficient (Wildman–Crippen LogP) is 2.28. The normalized spacial score (nSPS) is 19.8. The molecule has 1 N–H and O–H groups in total. The van der Waals surface area contributed by atoms with Gasteiger partial charge in [-0.3, -0.25) is 14.0 Å². The van der Waals surface area contributed by atoms with Crippen LogP contribution in [0.4, 0.5) is 5.82 Å². The molecule has 2 fully saturated rings. The monoisotopic (exact) mass is 421 g/mol. The maximum absolute atomic E-state index is 13.3. The largest absolute Gasteiger partial charge is 0.376 e. The van der Waals surface area contributed by atoms with Gasteiger partial charge in [0.15, 0.2) is 0 Å². The Hall–Kier alpha value is -3.18. The number of nitrogens with one attached hydrogen (secondary N) is 1. The Kier molecular flexibility index (Phi) is 6.63. The summed E-state index contributed by atoms with van der Waals surface area (Å²) in [6.07, 6.45) is 9.20. The molecule has 2 aliphatic rings. The lowest BCUT2D eigenvalue weighted by Gasteiger charge is -2.23. The van der Waals surface area contributed by atoms with Gasteiger partial charge in [0.1, 0.15) is 23.1 Å². The van der Waals surface area contributed by atoms with Crippen LogP contribution in [0.1, 0.15) is 44.1 Å². The topological polar surface area (TPSA) is 99.7 Å². The average Bonchev–Trinajstić information content (AvgIpc) is 3.17.